The van der Waals surface area contributed by atoms with Crippen molar-refractivity contribution >= 4 is 23.7 Å². The second kappa shape index (κ2) is 19.3. The maximum Gasteiger partial charge on any atom is 0.308 e. The van der Waals surface area contributed by atoms with Gasteiger partial charge in [0.2, 0.25) is 11.8 Å². The lowest BCUT2D eigenvalue weighted by Crippen LogP contribution is -2.58. The van der Waals surface area contributed by atoms with Crippen LogP contribution >= 0.6 is 0 Å². The SMILES string of the molecule is CC[C@H](C)[C@H](NC(=O)[C@H]1CCCCN1C)C(=O)N(C)[C@H](COc1cccc(C(=O)N[C@@H](Cc2ccccc2)C[C@H](C)C(=O)OC)c1)C(C)C. The summed E-state index contributed by atoms with van der Waals surface area (Å²) in [5.41, 5.74) is 1.48. The van der Waals surface area contributed by atoms with Gasteiger partial charge in [0.1, 0.15) is 18.4 Å². The molecule has 1 aliphatic rings. The maximum absolute atomic E-state index is 14.0. The smallest absolute Gasteiger partial charge is 0.308 e. The van der Waals surface area contributed by atoms with Gasteiger partial charge in [0.05, 0.1) is 25.1 Å². The van der Waals surface area contributed by atoms with E-state index in [1.54, 1.807) is 43.1 Å². The van der Waals surface area contributed by atoms with Crippen LogP contribution < -0.4 is 15.4 Å². The molecule has 0 bridgehead atoms. The molecule has 3 rings (SSSR count). The summed E-state index contributed by atoms with van der Waals surface area (Å²) in [5, 5.41) is 6.22. The Bertz CT molecular complexity index is 1370. The third-order valence-corrected chi connectivity index (χ3v) is 9.88. The predicted octanol–water partition coefficient (Wildman–Crippen LogP) is 5.10. The molecular formula is C39H58N4O6. The Balaban J connectivity index is 1.70. The van der Waals surface area contributed by atoms with Crippen LogP contribution in [0.15, 0.2) is 54.6 Å². The molecule has 0 unspecified atom stereocenters. The standard InChI is InChI=1S/C39H58N4O6/c1-9-27(4)35(41-37(45)33-20-13-14-21-42(33)6)38(46)43(7)34(26(2)3)25-49-32-19-15-18-30(24-32)36(44)40-31(22-28(5)39(47)48-8)23-29-16-11-10-12-17-29/h10-12,15-19,24,26-28,31,33-35H,9,13-14,20-23,25H2,1-8H3,(H,40,44)(H,41,45)/t27-,28-,31+,33+,34+,35-/m0/s1. The van der Waals surface area contributed by atoms with Crippen molar-refractivity contribution < 1.29 is 28.7 Å². The van der Waals surface area contributed by atoms with E-state index in [0.717, 1.165) is 37.8 Å². The van der Waals surface area contributed by atoms with Gasteiger partial charge in [-0.3, -0.25) is 24.1 Å². The fraction of sp³-hybridized carbons (Fsp3) is 0.590. The number of piperidine rings is 1. The number of nitrogens with zero attached hydrogens (tertiary/aromatic N) is 2. The number of ether oxygens (including phenoxy) is 2. The number of carbonyl (C=O) groups is 4. The first-order valence-corrected chi connectivity index (χ1v) is 17.8. The molecule has 1 heterocycles. The Morgan fingerprint density at radius 2 is 1.69 bits per heavy atom. The van der Waals surface area contributed by atoms with Crippen molar-refractivity contribution in [1.29, 1.82) is 0 Å². The summed E-state index contributed by atoms with van der Waals surface area (Å²) < 4.78 is 11.2. The van der Waals surface area contributed by atoms with Gasteiger partial charge in [-0.2, -0.15) is 0 Å². The molecular weight excluding hydrogens is 620 g/mol. The number of rotatable bonds is 17. The van der Waals surface area contributed by atoms with Crippen LogP contribution in [0.25, 0.3) is 0 Å². The van der Waals surface area contributed by atoms with Crippen molar-refractivity contribution in [2.45, 2.75) is 97.3 Å². The summed E-state index contributed by atoms with van der Waals surface area (Å²) in [5.74, 6) is -0.675. The second-order valence-corrected chi connectivity index (χ2v) is 14.0. The maximum atomic E-state index is 14.0. The average Bonchev–Trinajstić information content (AvgIpc) is 3.09. The topological polar surface area (TPSA) is 117 Å². The zero-order chi connectivity index (χ0) is 36.1. The van der Waals surface area contributed by atoms with Crippen LogP contribution in [-0.2, 0) is 25.5 Å². The molecule has 3 amide bonds. The van der Waals surface area contributed by atoms with E-state index in [-0.39, 0.29) is 66.2 Å². The molecule has 1 saturated heterocycles. The molecule has 10 nitrogen and oxygen atoms in total. The van der Waals surface area contributed by atoms with Gasteiger partial charge in [0.15, 0.2) is 0 Å². The lowest BCUT2D eigenvalue weighted by molar-refractivity contribution is -0.145. The van der Waals surface area contributed by atoms with Gasteiger partial charge in [0.25, 0.3) is 5.91 Å². The van der Waals surface area contributed by atoms with Gasteiger partial charge in [0, 0.05) is 18.7 Å². The number of likely N-dealkylation sites (N-methyl/N-ethyl adjacent to an activating group) is 2. The van der Waals surface area contributed by atoms with Crippen molar-refractivity contribution in [3.05, 3.63) is 65.7 Å². The highest BCUT2D eigenvalue weighted by Gasteiger charge is 2.35. The number of nitrogens with one attached hydrogen (secondary N) is 2. The third-order valence-electron chi connectivity index (χ3n) is 9.88. The fourth-order valence-electron chi connectivity index (χ4n) is 6.47. The number of amides is 3. The summed E-state index contributed by atoms with van der Waals surface area (Å²) in [6, 6.07) is 15.4. The van der Waals surface area contributed by atoms with E-state index in [2.05, 4.69) is 15.5 Å². The third kappa shape index (κ3) is 11.6. The van der Waals surface area contributed by atoms with E-state index >= 15 is 0 Å². The van der Waals surface area contributed by atoms with Crippen LogP contribution in [0.4, 0.5) is 0 Å². The van der Waals surface area contributed by atoms with Gasteiger partial charge < -0.3 is 25.0 Å². The minimum absolute atomic E-state index is 0.0435. The molecule has 10 heteroatoms. The van der Waals surface area contributed by atoms with Gasteiger partial charge in [-0.05, 0) is 74.9 Å². The highest BCUT2D eigenvalue weighted by molar-refractivity contribution is 5.95. The van der Waals surface area contributed by atoms with E-state index in [9.17, 15) is 19.2 Å². The molecule has 2 aromatic rings. The first-order valence-electron chi connectivity index (χ1n) is 17.8. The molecule has 2 aromatic carbocycles. The molecule has 1 fully saturated rings. The lowest BCUT2D eigenvalue weighted by Gasteiger charge is -2.37. The second-order valence-electron chi connectivity index (χ2n) is 14.0. The number of methoxy groups -OCH3 is 1. The lowest BCUT2D eigenvalue weighted by atomic mass is 9.94. The van der Waals surface area contributed by atoms with Crippen LogP contribution in [0.2, 0.25) is 0 Å². The summed E-state index contributed by atoms with van der Waals surface area (Å²) in [4.78, 5) is 56.7. The molecule has 6 atom stereocenters. The van der Waals surface area contributed by atoms with Crippen LogP contribution in [0.1, 0.15) is 82.6 Å². The van der Waals surface area contributed by atoms with E-state index in [4.69, 9.17) is 9.47 Å². The minimum atomic E-state index is -0.642. The highest BCUT2D eigenvalue weighted by atomic mass is 16.5. The first kappa shape index (κ1) is 39.5. The van der Waals surface area contributed by atoms with E-state index in [1.807, 2.05) is 65.1 Å². The number of carbonyl (C=O) groups excluding carboxylic acids is 4. The van der Waals surface area contributed by atoms with Crippen LogP contribution in [0, 0.1) is 17.8 Å². The molecule has 0 spiro atoms. The van der Waals surface area contributed by atoms with Crippen LogP contribution in [-0.4, -0.2) is 92.0 Å². The van der Waals surface area contributed by atoms with Crippen molar-refractivity contribution in [2.24, 2.45) is 17.8 Å². The molecule has 0 saturated carbocycles. The number of hydrogen-bond acceptors (Lipinski definition) is 7. The molecule has 0 aliphatic carbocycles. The molecule has 1 aliphatic heterocycles. The van der Waals surface area contributed by atoms with Gasteiger partial charge in [-0.15, -0.1) is 0 Å². The first-order chi connectivity index (χ1) is 23.4. The Morgan fingerprint density at radius 1 is 0.980 bits per heavy atom. The van der Waals surface area contributed by atoms with Crippen molar-refractivity contribution in [1.82, 2.24) is 20.4 Å². The van der Waals surface area contributed by atoms with E-state index in [1.165, 1.54) is 7.11 Å². The van der Waals surface area contributed by atoms with Crippen molar-refractivity contribution in [3.63, 3.8) is 0 Å². The van der Waals surface area contributed by atoms with Crippen LogP contribution in [0.5, 0.6) is 5.75 Å². The zero-order valence-electron chi connectivity index (χ0n) is 30.7. The Kier molecular flexibility index (Phi) is 15.6. The predicted molar refractivity (Wildman–Crippen MR) is 192 cm³/mol. The molecule has 0 aromatic heterocycles. The number of hydrogen-bond donors (Lipinski definition) is 2. The quantitative estimate of drug-likeness (QED) is 0.224. The zero-order valence-corrected chi connectivity index (χ0v) is 30.7. The van der Waals surface area contributed by atoms with Gasteiger partial charge in [-0.1, -0.05) is 83.9 Å². The van der Waals surface area contributed by atoms with Gasteiger partial charge in [-0.25, -0.2) is 0 Å². The fourth-order valence-corrected chi connectivity index (χ4v) is 6.47. The van der Waals surface area contributed by atoms with E-state index < -0.39 is 6.04 Å². The Morgan fingerprint density at radius 3 is 2.33 bits per heavy atom. The number of likely N-dealkylation sites (tertiary alicyclic amines) is 1. The average molecular weight is 679 g/mol. The largest absolute Gasteiger partial charge is 0.491 e. The normalized spacial score (nSPS) is 18.0. The van der Waals surface area contributed by atoms with E-state index in [0.29, 0.717) is 24.2 Å². The summed E-state index contributed by atoms with van der Waals surface area (Å²) in [6.45, 7) is 11.0. The highest BCUT2D eigenvalue weighted by Crippen LogP contribution is 2.21. The summed E-state index contributed by atoms with van der Waals surface area (Å²) in [6.07, 6.45) is 4.61. The summed E-state index contributed by atoms with van der Waals surface area (Å²) in [7, 11) is 5.11. The minimum Gasteiger partial charge on any atom is -0.491 e. The van der Waals surface area contributed by atoms with Gasteiger partial charge >= 0.3 is 5.97 Å². The Hall–Kier alpha value is -3.92. The van der Waals surface area contributed by atoms with Crippen molar-refractivity contribution in [3.8, 4) is 5.75 Å². The molecule has 49 heavy (non-hydrogen) atoms. The number of esters is 1. The van der Waals surface area contributed by atoms with Crippen LogP contribution in [0.3, 0.4) is 0 Å². The molecule has 0 radical (unpaired) electrons. The monoisotopic (exact) mass is 678 g/mol. The number of benzene rings is 2. The Labute approximate surface area is 293 Å². The van der Waals surface area contributed by atoms with Crippen molar-refractivity contribution in [2.75, 3.05) is 34.4 Å². The summed E-state index contributed by atoms with van der Waals surface area (Å²) >= 11 is 0. The molecule has 2 N–H and O–H groups in total. The molecule has 270 valence electrons.